The third-order valence-corrected chi connectivity index (χ3v) is 4.49. The van der Waals surface area contributed by atoms with E-state index in [0.717, 1.165) is 6.42 Å². The first kappa shape index (κ1) is 13.3. The van der Waals surface area contributed by atoms with E-state index in [1.54, 1.807) is 11.3 Å². The fourth-order valence-electron chi connectivity index (χ4n) is 2.55. The SMILES string of the molecule is c1ccc2cc(CCCCCc3nccs3)ccc2c1. The highest BCUT2D eigenvalue weighted by molar-refractivity contribution is 7.09. The van der Waals surface area contributed by atoms with Crippen LogP contribution >= 0.6 is 11.3 Å². The van der Waals surface area contributed by atoms with Crippen LogP contribution in [0.2, 0.25) is 0 Å². The average molecular weight is 281 g/mol. The lowest BCUT2D eigenvalue weighted by Crippen LogP contribution is -1.88. The maximum Gasteiger partial charge on any atom is 0.0924 e. The maximum absolute atomic E-state index is 4.32. The zero-order valence-corrected chi connectivity index (χ0v) is 12.4. The van der Waals surface area contributed by atoms with Gasteiger partial charge < -0.3 is 0 Å². The van der Waals surface area contributed by atoms with E-state index in [2.05, 4.69) is 52.8 Å². The summed E-state index contributed by atoms with van der Waals surface area (Å²) in [6.07, 6.45) is 8.02. The number of nitrogens with zero attached hydrogens (tertiary/aromatic N) is 1. The number of hydrogen-bond acceptors (Lipinski definition) is 2. The van der Waals surface area contributed by atoms with Crippen molar-refractivity contribution in [3.8, 4) is 0 Å². The molecule has 0 unspecified atom stereocenters. The summed E-state index contributed by atoms with van der Waals surface area (Å²) in [7, 11) is 0. The Labute approximate surface area is 124 Å². The Morgan fingerprint density at radius 2 is 1.70 bits per heavy atom. The third kappa shape index (κ3) is 3.45. The molecule has 2 heteroatoms. The Bertz CT molecular complexity index is 658. The summed E-state index contributed by atoms with van der Waals surface area (Å²) in [5.41, 5.74) is 1.46. The van der Waals surface area contributed by atoms with Crippen LogP contribution in [0.3, 0.4) is 0 Å². The molecule has 20 heavy (non-hydrogen) atoms. The predicted octanol–water partition coefficient (Wildman–Crippen LogP) is 5.25. The van der Waals surface area contributed by atoms with Crippen LogP contribution in [0.15, 0.2) is 54.0 Å². The molecular weight excluding hydrogens is 262 g/mol. The van der Waals surface area contributed by atoms with Crippen LogP contribution < -0.4 is 0 Å². The van der Waals surface area contributed by atoms with Gasteiger partial charge in [-0.15, -0.1) is 11.3 Å². The van der Waals surface area contributed by atoms with Crippen LogP contribution in [0.5, 0.6) is 0 Å². The molecule has 3 aromatic rings. The standard InChI is InChI=1S/C18H19NS/c1(3-9-18-19-12-13-20-18)2-6-15-10-11-16-7-4-5-8-17(16)14-15/h4-5,7-8,10-14H,1-3,6,9H2. The molecule has 0 fully saturated rings. The minimum Gasteiger partial charge on any atom is -0.250 e. The second-order valence-corrected chi connectivity index (χ2v) is 6.15. The predicted molar refractivity (Wildman–Crippen MR) is 87.3 cm³/mol. The van der Waals surface area contributed by atoms with Crippen molar-refractivity contribution < 1.29 is 0 Å². The average Bonchev–Trinajstić information content (AvgIpc) is 3.00. The van der Waals surface area contributed by atoms with Crippen LogP contribution in [-0.4, -0.2) is 4.98 Å². The van der Waals surface area contributed by atoms with Crippen LogP contribution in [0.1, 0.15) is 29.8 Å². The summed E-state index contributed by atoms with van der Waals surface area (Å²) >= 11 is 1.77. The summed E-state index contributed by atoms with van der Waals surface area (Å²) in [5.74, 6) is 0. The smallest absolute Gasteiger partial charge is 0.0924 e. The molecule has 0 spiro atoms. The lowest BCUT2D eigenvalue weighted by Gasteiger charge is -2.04. The molecule has 1 nitrogen and oxygen atoms in total. The molecule has 2 aromatic carbocycles. The van der Waals surface area contributed by atoms with Crippen molar-refractivity contribution in [3.05, 3.63) is 64.6 Å². The van der Waals surface area contributed by atoms with Crippen molar-refractivity contribution in [2.24, 2.45) is 0 Å². The van der Waals surface area contributed by atoms with Crippen LogP contribution in [0.25, 0.3) is 10.8 Å². The molecule has 0 bridgehead atoms. The van der Waals surface area contributed by atoms with Gasteiger partial charge in [-0.05, 0) is 42.0 Å². The van der Waals surface area contributed by atoms with Gasteiger partial charge >= 0.3 is 0 Å². The van der Waals surface area contributed by atoms with Gasteiger partial charge in [-0.2, -0.15) is 0 Å². The van der Waals surface area contributed by atoms with Crippen molar-refractivity contribution in [1.29, 1.82) is 0 Å². The Balaban J connectivity index is 1.47. The van der Waals surface area contributed by atoms with Crippen molar-refractivity contribution in [3.63, 3.8) is 0 Å². The van der Waals surface area contributed by atoms with Gasteiger partial charge in [0, 0.05) is 11.6 Å². The molecule has 0 amide bonds. The molecular formula is C18H19NS. The topological polar surface area (TPSA) is 12.9 Å². The van der Waals surface area contributed by atoms with E-state index in [-0.39, 0.29) is 0 Å². The zero-order valence-electron chi connectivity index (χ0n) is 11.6. The van der Waals surface area contributed by atoms with E-state index in [9.17, 15) is 0 Å². The van der Waals surface area contributed by atoms with Crippen LogP contribution in [0.4, 0.5) is 0 Å². The van der Waals surface area contributed by atoms with E-state index in [4.69, 9.17) is 0 Å². The molecule has 0 saturated heterocycles. The molecule has 102 valence electrons. The van der Waals surface area contributed by atoms with Gasteiger partial charge in [-0.3, -0.25) is 0 Å². The highest BCUT2D eigenvalue weighted by Gasteiger charge is 1.98. The minimum absolute atomic E-state index is 1.13. The number of unbranched alkanes of at least 4 members (excludes halogenated alkanes) is 2. The van der Waals surface area contributed by atoms with E-state index in [0.29, 0.717) is 0 Å². The fourth-order valence-corrected chi connectivity index (χ4v) is 3.22. The lowest BCUT2D eigenvalue weighted by atomic mass is 10.0. The van der Waals surface area contributed by atoms with E-state index in [1.165, 1.54) is 47.0 Å². The molecule has 0 aliphatic carbocycles. The number of aromatic nitrogens is 1. The second kappa shape index (κ2) is 6.67. The van der Waals surface area contributed by atoms with Gasteiger partial charge in [-0.25, -0.2) is 4.98 Å². The van der Waals surface area contributed by atoms with Crippen molar-refractivity contribution in [2.45, 2.75) is 32.1 Å². The largest absolute Gasteiger partial charge is 0.250 e. The molecule has 0 aliphatic rings. The zero-order chi connectivity index (χ0) is 13.6. The minimum atomic E-state index is 1.13. The Morgan fingerprint density at radius 3 is 2.55 bits per heavy atom. The summed E-state index contributed by atoms with van der Waals surface area (Å²) < 4.78 is 0. The number of thiazole rings is 1. The van der Waals surface area contributed by atoms with Gasteiger partial charge in [-0.1, -0.05) is 48.9 Å². The van der Waals surface area contributed by atoms with Crippen LogP contribution in [-0.2, 0) is 12.8 Å². The molecule has 0 aliphatic heterocycles. The van der Waals surface area contributed by atoms with E-state index >= 15 is 0 Å². The quantitative estimate of drug-likeness (QED) is 0.562. The molecule has 0 atom stereocenters. The molecule has 1 heterocycles. The number of aryl methyl sites for hydroxylation is 2. The lowest BCUT2D eigenvalue weighted by molar-refractivity contribution is 0.677. The van der Waals surface area contributed by atoms with Gasteiger partial charge in [0.15, 0.2) is 0 Å². The highest BCUT2D eigenvalue weighted by atomic mass is 32.1. The normalized spacial score (nSPS) is 11.0. The maximum atomic E-state index is 4.32. The van der Waals surface area contributed by atoms with E-state index in [1.807, 2.05) is 6.20 Å². The molecule has 0 saturated carbocycles. The van der Waals surface area contributed by atoms with Crippen molar-refractivity contribution in [2.75, 3.05) is 0 Å². The monoisotopic (exact) mass is 281 g/mol. The Morgan fingerprint density at radius 1 is 0.850 bits per heavy atom. The van der Waals surface area contributed by atoms with Crippen LogP contribution in [0, 0.1) is 0 Å². The van der Waals surface area contributed by atoms with Gasteiger partial charge in [0.2, 0.25) is 0 Å². The number of hydrogen-bond donors (Lipinski definition) is 0. The Hall–Kier alpha value is -1.67. The summed E-state index contributed by atoms with van der Waals surface area (Å²) in [4.78, 5) is 4.32. The van der Waals surface area contributed by atoms with E-state index < -0.39 is 0 Å². The number of fused-ring (bicyclic) bond motifs is 1. The first-order valence-electron chi connectivity index (χ1n) is 7.28. The number of rotatable bonds is 6. The summed E-state index contributed by atoms with van der Waals surface area (Å²) in [6.45, 7) is 0. The first-order chi connectivity index (χ1) is 9.92. The fraction of sp³-hybridized carbons (Fsp3) is 0.278. The molecule has 1 aromatic heterocycles. The molecule has 0 N–H and O–H groups in total. The number of benzene rings is 2. The Kier molecular flexibility index (Phi) is 4.44. The highest BCUT2D eigenvalue weighted by Crippen LogP contribution is 2.17. The van der Waals surface area contributed by atoms with Crippen molar-refractivity contribution in [1.82, 2.24) is 4.98 Å². The second-order valence-electron chi connectivity index (χ2n) is 5.17. The molecule has 0 radical (unpaired) electrons. The van der Waals surface area contributed by atoms with Crippen molar-refractivity contribution >= 4 is 22.1 Å². The van der Waals surface area contributed by atoms with Gasteiger partial charge in [0.1, 0.15) is 0 Å². The van der Waals surface area contributed by atoms with Gasteiger partial charge in [0.25, 0.3) is 0 Å². The summed E-state index contributed by atoms with van der Waals surface area (Å²) in [5, 5.41) is 6.02. The third-order valence-electron chi connectivity index (χ3n) is 3.65. The summed E-state index contributed by atoms with van der Waals surface area (Å²) in [6, 6.07) is 15.4. The van der Waals surface area contributed by atoms with Gasteiger partial charge in [0.05, 0.1) is 5.01 Å². The first-order valence-corrected chi connectivity index (χ1v) is 8.16. The molecule has 3 rings (SSSR count).